The summed E-state index contributed by atoms with van der Waals surface area (Å²) in [7, 11) is 0. The van der Waals surface area contributed by atoms with Crippen LogP contribution in [0.4, 0.5) is 0 Å². The predicted molar refractivity (Wildman–Crippen MR) is 90.5 cm³/mol. The first-order valence-corrected chi connectivity index (χ1v) is 8.75. The molecule has 0 saturated carbocycles. The molecule has 2 aliphatic heterocycles. The number of hydrogen-bond donors (Lipinski definition) is 1. The summed E-state index contributed by atoms with van der Waals surface area (Å²) >= 11 is 0. The number of carbonyl (C=O) groups is 1. The zero-order valence-corrected chi connectivity index (χ0v) is 14.3. The molecular weight excluding hydrogens is 320 g/mol. The molecule has 3 heterocycles. The van der Waals surface area contributed by atoms with Crippen LogP contribution in [0, 0.1) is 6.92 Å². The van der Waals surface area contributed by atoms with Gasteiger partial charge in [0.15, 0.2) is 11.9 Å². The van der Waals surface area contributed by atoms with Crippen LogP contribution in [0.2, 0.25) is 0 Å². The Morgan fingerprint density at radius 1 is 1.16 bits per heavy atom. The molecule has 0 aliphatic carbocycles. The van der Waals surface area contributed by atoms with Gasteiger partial charge in [-0.3, -0.25) is 4.79 Å². The van der Waals surface area contributed by atoms with Gasteiger partial charge < -0.3 is 15.0 Å². The highest BCUT2D eigenvalue weighted by molar-refractivity contribution is 5.83. The van der Waals surface area contributed by atoms with Gasteiger partial charge >= 0.3 is 0 Å². The van der Waals surface area contributed by atoms with Crippen LogP contribution >= 0.6 is 0 Å². The van der Waals surface area contributed by atoms with Gasteiger partial charge in [0.2, 0.25) is 0 Å². The average molecular weight is 342 g/mol. The van der Waals surface area contributed by atoms with E-state index >= 15 is 0 Å². The lowest BCUT2D eigenvalue weighted by Crippen LogP contribution is -2.45. The Morgan fingerprint density at radius 3 is 2.60 bits per heavy atom. The molecule has 8 nitrogen and oxygen atoms in total. The van der Waals surface area contributed by atoms with E-state index in [0.29, 0.717) is 11.8 Å². The summed E-state index contributed by atoms with van der Waals surface area (Å²) < 4.78 is 7.60. The first-order chi connectivity index (χ1) is 12.2. The Bertz CT molecular complexity index is 738. The molecule has 2 saturated heterocycles. The maximum absolute atomic E-state index is 12.7. The zero-order chi connectivity index (χ0) is 17.2. The zero-order valence-electron chi connectivity index (χ0n) is 14.3. The Hall–Kier alpha value is -2.48. The summed E-state index contributed by atoms with van der Waals surface area (Å²) in [5.74, 6) is 1.53. The van der Waals surface area contributed by atoms with Gasteiger partial charge in [-0.1, -0.05) is 0 Å². The molecule has 2 aliphatic rings. The van der Waals surface area contributed by atoms with Crippen molar-refractivity contribution in [1.29, 1.82) is 0 Å². The van der Waals surface area contributed by atoms with Crippen LogP contribution in [0.15, 0.2) is 24.3 Å². The van der Waals surface area contributed by atoms with Gasteiger partial charge in [-0.25, -0.2) is 0 Å². The molecule has 4 rings (SSSR count). The number of nitrogens with zero attached hydrogens (tertiary/aromatic N) is 5. The highest BCUT2D eigenvalue weighted by atomic mass is 16.5. The summed E-state index contributed by atoms with van der Waals surface area (Å²) in [6.07, 6.45) is 2.42. The van der Waals surface area contributed by atoms with Gasteiger partial charge in [0, 0.05) is 19.0 Å². The normalized spacial score (nSPS) is 21.7. The molecule has 1 aromatic heterocycles. The molecular formula is C17H22N6O2. The Labute approximate surface area is 146 Å². The van der Waals surface area contributed by atoms with Crippen molar-refractivity contribution in [2.24, 2.45) is 0 Å². The van der Waals surface area contributed by atoms with Gasteiger partial charge in [-0.2, -0.15) is 4.68 Å². The SMILES string of the molecule is Cc1nnnn1-c1ccc(O[C@H]2CCN(C3CCNCC3)C2=O)cc1. The standard InChI is InChI=1S/C17H22N6O2/c1-12-19-20-21-23(12)14-2-4-15(5-3-14)25-16-8-11-22(17(16)24)13-6-9-18-10-7-13/h2-5,13,16,18H,6-11H2,1H3/t16-/m0/s1. The molecule has 1 amide bonds. The summed E-state index contributed by atoms with van der Waals surface area (Å²) in [6, 6.07) is 7.85. The molecule has 25 heavy (non-hydrogen) atoms. The van der Waals surface area contributed by atoms with E-state index in [1.807, 2.05) is 36.1 Å². The van der Waals surface area contributed by atoms with Crippen molar-refractivity contribution in [2.45, 2.75) is 38.3 Å². The molecule has 0 bridgehead atoms. The van der Waals surface area contributed by atoms with Crippen LogP contribution in [0.25, 0.3) is 5.69 Å². The van der Waals surface area contributed by atoms with Crippen molar-refractivity contribution in [3.05, 3.63) is 30.1 Å². The molecule has 1 aromatic carbocycles. The Kier molecular flexibility index (Phi) is 4.35. The quantitative estimate of drug-likeness (QED) is 0.880. The van der Waals surface area contributed by atoms with Crippen molar-refractivity contribution in [3.63, 3.8) is 0 Å². The first-order valence-electron chi connectivity index (χ1n) is 8.75. The Morgan fingerprint density at radius 2 is 1.92 bits per heavy atom. The van der Waals surface area contributed by atoms with E-state index in [2.05, 4.69) is 20.8 Å². The lowest BCUT2D eigenvalue weighted by Gasteiger charge is -2.31. The first kappa shape index (κ1) is 16.0. The maximum Gasteiger partial charge on any atom is 0.263 e. The summed E-state index contributed by atoms with van der Waals surface area (Å²) in [6.45, 7) is 4.60. The number of amides is 1. The number of piperidine rings is 1. The van der Waals surface area contributed by atoms with Crippen LogP contribution in [0.3, 0.4) is 0 Å². The predicted octanol–water partition coefficient (Wildman–Crippen LogP) is 0.702. The highest BCUT2D eigenvalue weighted by Crippen LogP contribution is 2.24. The number of ether oxygens (including phenoxy) is 1. The molecule has 0 radical (unpaired) electrons. The van der Waals surface area contributed by atoms with E-state index < -0.39 is 0 Å². The number of hydrogen-bond acceptors (Lipinski definition) is 6. The number of rotatable bonds is 4. The maximum atomic E-state index is 12.7. The molecule has 0 spiro atoms. The van der Waals surface area contributed by atoms with E-state index in [-0.39, 0.29) is 12.0 Å². The molecule has 0 unspecified atom stereocenters. The molecule has 1 atom stereocenters. The van der Waals surface area contributed by atoms with Gasteiger partial charge in [0.05, 0.1) is 5.69 Å². The number of benzene rings is 1. The average Bonchev–Trinajstić information content (AvgIpc) is 3.23. The second-order valence-corrected chi connectivity index (χ2v) is 6.54. The van der Waals surface area contributed by atoms with Crippen molar-refractivity contribution in [1.82, 2.24) is 30.4 Å². The fourth-order valence-corrected chi connectivity index (χ4v) is 3.57. The number of carbonyl (C=O) groups excluding carboxylic acids is 1. The second-order valence-electron chi connectivity index (χ2n) is 6.54. The van der Waals surface area contributed by atoms with Crippen LogP contribution in [-0.4, -0.2) is 62.8 Å². The third kappa shape index (κ3) is 3.21. The number of aryl methyl sites for hydroxylation is 1. The van der Waals surface area contributed by atoms with Crippen molar-refractivity contribution in [3.8, 4) is 11.4 Å². The molecule has 8 heteroatoms. The van der Waals surface area contributed by atoms with E-state index in [0.717, 1.165) is 50.4 Å². The summed E-state index contributed by atoms with van der Waals surface area (Å²) in [5.41, 5.74) is 0.865. The minimum Gasteiger partial charge on any atom is -0.481 e. The minimum absolute atomic E-state index is 0.118. The van der Waals surface area contributed by atoms with Crippen LogP contribution in [-0.2, 0) is 4.79 Å². The fourth-order valence-electron chi connectivity index (χ4n) is 3.57. The highest BCUT2D eigenvalue weighted by Gasteiger charge is 2.37. The molecule has 1 N–H and O–H groups in total. The van der Waals surface area contributed by atoms with Gasteiger partial charge in [0.25, 0.3) is 5.91 Å². The lowest BCUT2D eigenvalue weighted by atomic mass is 10.1. The van der Waals surface area contributed by atoms with Gasteiger partial charge in [0.1, 0.15) is 5.75 Å². The third-order valence-electron chi connectivity index (χ3n) is 4.93. The number of nitrogens with one attached hydrogen (secondary N) is 1. The number of tetrazole rings is 1. The topological polar surface area (TPSA) is 85.2 Å². The Balaban J connectivity index is 1.40. The van der Waals surface area contributed by atoms with E-state index in [1.165, 1.54) is 0 Å². The molecule has 2 fully saturated rings. The summed E-state index contributed by atoms with van der Waals surface area (Å²) in [5, 5.41) is 14.8. The van der Waals surface area contributed by atoms with Crippen LogP contribution in [0.1, 0.15) is 25.1 Å². The van der Waals surface area contributed by atoms with Crippen LogP contribution < -0.4 is 10.1 Å². The third-order valence-corrected chi connectivity index (χ3v) is 4.93. The van der Waals surface area contributed by atoms with Crippen molar-refractivity contribution < 1.29 is 9.53 Å². The number of likely N-dealkylation sites (tertiary alicyclic amines) is 1. The van der Waals surface area contributed by atoms with Gasteiger partial charge in [-0.05, 0) is 67.5 Å². The fraction of sp³-hybridized carbons (Fsp3) is 0.529. The minimum atomic E-state index is -0.379. The monoisotopic (exact) mass is 342 g/mol. The summed E-state index contributed by atoms with van der Waals surface area (Å²) in [4.78, 5) is 14.7. The molecule has 132 valence electrons. The number of aromatic nitrogens is 4. The lowest BCUT2D eigenvalue weighted by molar-refractivity contribution is -0.135. The smallest absolute Gasteiger partial charge is 0.263 e. The van der Waals surface area contributed by atoms with Crippen molar-refractivity contribution in [2.75, 3.05) is 19.6 Å². The van der Waals surface area contributed by atoms with Crippen molar-refractivity contribution >= 4 is 5.91 Å². The molecule has 2 aromatic rings. The van der Waals surface area contributed by atoms with Gasteiger partial charge in [-0.15, -0.1) is 5.10 Å². The van der Waals surface area contributed by atoms with Crippen LogP contribution in [0.5, 0.6) is 5.75 Å². The largest absolute Gasteiger partial charge is 0.481 e. The van der Waals surface area contributed by atoms with E-state index in [4.69, 9.17) is 4.74 Å². The second kappa shape index (κ2) is 6.79. The van der Waals surface area contributed by atoms with E-state index in [9.17, 15) is 4.79 Å². The van der Waals surface area contributed by atoms with E-state index in [1.54, 1.807) is 4.68 Å².